The van der Waals surface area contributed by atoms with E-state index < -0.39 is 0 Å². The van der Waals surface area contributed by atoms with Crippen LogP contribution in [0.25, 0.3) is 5.69 Å². The third-order valence-electron chi connectivity index (χ3n) is 3.42. The molecule has 1 aliphatic rings. The molecule has 1 aromatic carbocycles. The molecule has 114 valence electrons. The van der Waals surface area contributed by atoms with Gasteiger partial charge in [0.2, 0.25) is 17.0 Å². The first kappa shape index (κ1) is 14.7. The standard InChI is InChI=1S/C14H15N5O2S/c1-10-2-4-11(5-3-10)19-14(15-16-17-19)22-9-8-18-12(20)6-7-13(18)21/h2-5H,6-9H2,1H3. The van der Waals surface area contributed by atoms with Crippen LogP contribution in [0.2, 0.25) is 0 Å². The lowest BCUT2D eigenvalue weighted by molar-refractivity contribution is -0.137. The van der Waals surface area contributed by atoms with Gasteiger partial charge in [0.25, 0.3) is 0 Å². The zero-order valence-corrected chi connectivity index (χ0v) is 12.9. The lowest BCUT2D eigenvalue weighted by Gasteiger charge is -2.12. The summed E-state index contributed by atoms with van der Waals surface area (Å²) < 4.78 is 1.65. The minimum Gasteiger partial charge on any atom is -0.282 e. The van der Waals surface area contributed by atoms with E-state index >= 15 is 0 Å². The second-order valence-electron chi connectivity index (χ2n) is 5.00. The van der Waals surface area contributed by atoms with Gasteiger partial charge in [-0.05, 0) is 29.5 Å². The molecule has 2 amide bonds. The highest BCUT2D eigenvalue weighted by Crippen LogP contribution is 2.20. The van der Waals surface area contributed by atoms with E-state index in [-0.39, 0.29) is 11.8 Å². The first-order valence-corrected chi connectivity index (χ1v) is 7.95. The molecule has 0 radical (unpaired) electrons. The van der Waals surface area contributed by atoms with E-state index in [2.05, 4.69) is 15.5 Å². The summed E-state index contributed by atoms with van der Waals surface area (Å²) >= 11 is 1.42. The van der Waals surface area contributed by atoms with Crippen LogP contribution >= 0.6 is 11.8 Å². The second-order valence-corrected chi connectivity index (χ2v) is 6.06. The predicted octanol–water partition coefficient (Wildman–Crippen LogP) is 1.21. The first-order chi connectivity index (χ1) is 10.6. The fraction of sp³-hybridized carbons (Fsp3) is 0.357. The van der Waals surface area contributed by atoms with Crippen LogP contribution in [0.5, 0.6) is 0 Å². The molecular weight excluding hydrogens is 302 g/mol. The van der Waals surface area contributed by atoms with Crippen LogP contribution in [0.4, 0.5) is 0 Å². The monoisotopic (exact) mass is 317 g/mol. The van der Waals surface area contributed by atoms with Crippen LogP contribution in [-0.4, -0.2) is 49.2 Å². The number of rotatable bonds is 5. The largest absolute Gasteiger partial charge is 0.282 e. The van der Waals surface area contributed by atoms with E-state index in [1.807, 2.05) is 31.2 Å². The molecule has 1 aliphatic heterocycles. The topological polar surface area (TPSA) is 81.0 Å². The molecule has 0 aliphatic carbocycles. The summed E-state index contributed by atoms with van der Waals surface area (Å²) in [6, 6.07) is 7.88. The number of carbonyl (C=O) groups excluding carboxylic acids is 2. The number of benzene rings is 1. The van der Waals surface area contributed by atoms with Gasteiger partial charge in [0, 0.05) is 25.1 Å². The smallest absolute Gasteiger partial charge is 0.229 e. The summed E-state index contributed by atoms with van der Waals surface area (Å²) in [6.07, 6.45) is 0.648. The molecular formula is C14H15N5O2S. The van der Waals surface area contributed by atoms with Crippen LogP contribution < -0.4 is 0 Å². The molecule has 1 saturated heterocycles. The van der Waals surface area contributed by atoms with E-state index in [0.717, 1.165) is 11.3 Å². The predicted molar refractivity (Wildman–Crippen MR) is 80.6 cm³/mol. The average Bonchev–Trinajstić information content (AvgIpc) is 3.09. The fourth-order valence-electron chi connectivity index (χ4n) is 2.22. The maximum absolute atomic E-state index is 11.5. The number of imide groups is 1. The molecule has 7 nitrogen and oxygen atoms in total. The van der Waals surface area contributed by atoms with Gasteiger partial charge >= 0.3 is 0 Å². The normalized spacial score (nSPS) is 14.9. The number of hydrogen-bond donors (Lipinski definition) is 0. The number of carbonyl (C=O) groups is 2. The second kappa shape index (κ2) is 6.27. The Kier molecular flexibility index (Phi) is 4.19. The Balaban J connectivity index is 1.64. The molecule has 0 unspecified atom stereocenters. The average molecular weight is 317 g/mol. The van der Waals surface area contributed by atoms with Gasteiger partial charge in [-0.25, -0.2) is 0 Å². The number of hydrogen-bond acceptors (Lipinski definition) is 6. The van der Waals surface area contributed by atoms with Crippen molar-refractivity contribution in [1.29, 1.82) is 0 Å². The van der Waals surface area contributed by atoms with Crippen molar-refractivity contribution in [2.75, 3.05) is 12.3 Å². The molecule has 8 heteroatoms. The van der Waals surface area contributed by atoms with Crippen molar-refractivity contribution in [3.63, 3.8) is 0 Å². The Labute approximate surface area is 131 Å². The van der Waals surface area contributed by atoms with Crippen LogP contribution in [0, 0.1) is 6.92 Å². The lowest BCUT2D eigenvalue weighted by atomic mass is 10.2. The molecule has 0 N–H and O–H groups in total. The van der Waals surface area contributed by atoms with E-state index in [1.54, 1.807) is 4.68 Å². The van der Waals surface area contributed by atoms with Crippen LogP contribution in [0.3, 0.4) is 0 Å². The van der Waals surface area contributed by atoms with Crippen molar-refractivity contribution in [3.8, 4) is 5.69 Å². The zero-order valence-electron chi connectivity index (χ0n) is 12.1. The molecule has 22 heavy (non-hydrogen) atoms. The van der Waals surface area contributed by atoms with Crippen molar-refractivity contribution in [2.24, 2.45) is 0 Å². The van der Waals surface area contributed by atoms with E-state index in [1.165, 1.54) is 16.7 Å². The Morgan fingerprint density at radius 1 is 1.14 bits per heavy atom. The molecule has 1 aromatic heterocycles. The number of aromatic nitrogens is 4. The molecule has 0 spiro atoms. The van der Waals surface area contributed by atoms with Gasteiger partial charge in [0.1, 0.15) is 0 Å². The van der Waals surface area contributed by atoms with E-state index in [9.17, 15) is 9.59 Å². The maximum Gasteiger partial charge on any atom is 0.229 e. The van der Waals surface area contributed by atoms with E-state index in [4.69, 9.17) is 0 Å². The van der Waals surface area contributed by atoms with Crippen LogP contribution in [-0.2, 0) is 9.59 Å². The lowest BCUT2D eigenvalue weighted by Crippen LogP contribution is -2.31. The van der Waals surface area contributed by atoms with Gasteiger partial charge in [0.05, 0.1) is 5.69 Å². The Morgan fingerprint density at radius 3 is 2.50 bits per heavy atom. The highest BCUT2D eigenvalue weighted by Gasteiger charge is 2.28. The van der Waals surface area contributed by atoms with E-state index in [0.29, 0.717) is 30.3 Å². The SMILES string of the molecule is Cc1ccc(-n2nnnc2SCCN2C(=O)CCC2=O)cc1. The van der Waals surface area contributed by atoms with Crippen LogP contribution in [0.15, 0.2) is 29.4 Å². The third kappa shape index (κ3) is 3.01. The number of tetrazole rings is 1. The van der Waals surface area contributed by atoms with Crippen molar-refractivity contribution in [2.45, 2.75) is 24.9 Å². The van der Waals surface area contributed by atoms with Crippen molar-refractivity contribution in [3.05, 3.63) is 29.8 Å². The van der Waals surface area contributed by atoms with Crippen molar-refractivity contribution >= 4 is 23.6 Å². The molecule has 2 aromatic rings. The zero-order chi connectivity index (χ0) is 15.5. The molecule has 0 bridgehead atoms. The summed E-state index contributed by atoms with van der Waals surface area (Å²) in [5.41, 5.74) is 2.04. The van der Waals surface area contributed by atoms with Gasteiger partial charge < -0.3 is 0 Å². The Bertz CT molecular complexity index is 682. The summed E-state index contributed by atoms with van der Waals surface area (Å²) in [4.78, 5) is 24.4. The molecule has 1 fully saturated rings. The number of thioether (sulfide) groups is 1. The molecule has 3 rings (SSSR count). The van der Waals surface area contributed by atoms with Gasteiger partial charge in [-0.3, -0.25) is 14.5 Å². The highest BCUT2D eigenvalue weighted by atomic mass is 32.2. The summed E-state index contributed by atoms with van der Waals surface area (Å²) in [7, 11) is 0. The van der Waals surface area contributed by atoms with Gasteiger partial charge in [-0.1, -0.05) is 29.5 Å². The summed E-state index contributed by atoms with van der Waals surface area (Å²) in [6.45, 7) is 2.41. The highest BCUT2D eigenvalue weighted by molar-refractivity contribution is 7.99. The van der Waals surface area contributed by atoms with Gasteiger partial charge in [-0.15, -0.1) is 5.10 Å². The third-order valence-corrected chi connectivity index (χ3v) is 4.32. The maximum atomic E-state index is 11.5. The number of likely N-dealkylation sites (tertiary alicyclic amines) is 1. The first-order valence-electron chi connectivity index (χ1n) is 6.96. The summed E-state index contributed by atoms with van der Waals surface area (Å²) in [5, 5.41) is 12.3. The molecule has 2 heterocycles. The minimum absolute atomic E-state index is 0.0938. The fourth-order valence-corrected chi connectivity index (χ4v) is 3.03. The van der Waals surface area contributed by atoms with Gasteiger partial charge in [-0.2, -0.15) is 4.68 Å². The number of nitrogens with zero attached hydrogens (tertiary/aromatic N) is 5. The van der Waals surface area contributed by atoms with Crippen LogP contribution in [0.1, 0.15) is 18.4 Å². The number of amides is 2. The Morgan fingerprint density at radius 2 is 1.82 bits per heavy atom. The number of aryl methyl sites for hydroxylation is 1. The quantitative estimate of drug-likeness (QED) is 0.609. The van der Waals surface area contributed by atoms with Crippen molar-refractivity contribution in [1.82, 2.24) is 25.1 Å². The molecule has 0 saturated carbocycles. The Hall–Kier alpha value is -2.22. The van der Waals surface area contributed by atoms with Crippen molar-refractivity contribution < 1.29 is 9.59 Å². The summed E-state index contributed by atoms with van der Waals surface area (Å²) in [5.74, 6) is 0.386. The van der Waals surface area contributed by atoms with Gasteiger partial charge in [0.15, 0.2) is 0 Å². The molecule has 0 atom stereocenters. The minimum atomic E-state index is -0.0938.